The normalized spacial score (nSPS) is 14.9. The molecule has 6 heteroatoms. The number of nitrogen functional groups attached to an aromatic ring is 1. The highest BCUT2D eigenvalue weighted by Crippen LogP contribution is 2.30. The molecule has 0 amide bonds. The number of anilines is 1. The number of aromatic nitrogens is 1. The van der Waals surface area contributed by atoms with E-state index in [1.54, 1.807) is 12.1 Å². The van der Waals surface area contributed by atoms with Gasteiger partial charge < -0.3 is 10.6 Å². The summed E-state index contributed by atoms with van der Waals surface area (Å²) in [6, 6.07) is 13.0. The Morgan fingerprint density at radius 3 is 2.24 bits per heavy atom. The molecule has 0 saturated carbocycles. The van der Waals surface area contributed by atoms with Crippen molar-refractivity contribution in [1.82, 2.24) is 9.88 Å². The Hall–Kier alpha value is -2.57. The van der Waals surface area contributed by atoms with Crippen LogP contribution in [0.15, 0.2) is 54.1 Å². The van der Waals surface area contributed by atoms with Gasteiger partial charge in [-0.2, -0.15) is 0 Å². The molecule has 0 radical (unpaired) electrons. The van der Waals surface area contributed by atoms with Crippen molar-refractivity contribution >= 4 is 22.5 Å². The number of halogens is 2. The first kappa shape index (κ1) is 19.7. The molecule has 150 valence electrons. The number of likely N-dealkylation sites (tertiary alicyclic amines) is 1. The van der Waals surface area contributed by atoms with Gasteiger partial charge in [0, 0.05) is 30.1 Å². The van der Waals surface area contributed by atoms with Gasteiger partial charge in [0.15, 0.2) is 5.13 Å². The van der Waals surface area contributed by atoms with Gasteiger partial charge in [0.1, 0.15) is 11.6 Å². The molecule has 0 aliphatic carbocycles. The highest BCUT2D eigenvalue weighted by Gasteiger charge is 2.17. The van der Waals surface area contributed by atoms with E-state index in [1.165, 1.54) is 41.2 Å². The quantitative estimate of drug-likeness (QED) is 0.612. The Bertz CT molecular complexity index is 984. The van der Waals surface area contributed by atoms with Crippen molar-refractivity contribution in [3.05, 3.63) is 76.2 Å². The fourth-order valence-corrected chi connectivity index (χ4v) is 4.48. The molecule has 0 unspecified atom stereocenters. The molecule has 2 aromatic carbocycles. The average Bonchev–Trinajstić information content (AvgIpc) is 3.10. The van der Waals surface area contributed by atoms with Crippen LogP contribution in [0.5, 0.6) is 0 Å². The average molecular weight is 412 g/mol. The van der Waals surface area contributed by atoms with Crippen molar-refractivity contribution in [1.29, 1.82) is 0 Å². The van der Waals surface area contributed by atoms with Crippen molar-refractivity contribution < 1.29 is 8.78 Å². The second-order valence-corrected chi connectivity index (χ2v) is 8.39. The largest absolute Gasteiger partial charge is 0.375 e. The third-order valence-electron chi connectivity index (χ3n) is 5.23. The van der Waals surface area contributed by atoms with Gasteiger partial charge in [0.2, 0.25) is 0 Å². The van der Waals surface area contributed by atoms with E-state index in [0.717, 1.165) is 60.6 Å². The van der Waals surface area contributed by atoms with Gasteiger partial charge in [-0.15, -0.1) is 11.3 Å². The molecule has 0 atom stereocenters. The molecular formula is C23H23F2N3S. The van der Waals surface area contributed by atoms with Crippen molar-refractivity contribution in [3.63, 3.8) is 0 Å². The van der Waals surface area contributed by atoms with Crippen molar-refractivity contribution in [2.24, 2.45) is 0 Å². The number of rotatable bonds is 5. The van der Waals surface area contributed by atoms with E-state index in [-0.39, 0.29) is 11.6 Å². The van der Waals surface area contributed by atoms with Crippen LogP contribution in [0.1, 0.15) is 23.3 Å². The van der Waals surface area contributed by atoms with Crippen LogP contribution >= 0.6 is 11.3 Å². The van der Waals surface area contributed by atoms with Gasteiger partial charge in [-0.25, -0.2) is 13.8 Å². The molecular weight excluding hydrogens is 388 g/mol. The molecule has 0 bridgehead atoms. The van der Waals surface area contributed by atoms with Crippen LogP contribution < -0.4 is 5.73 Å². The summed E-state index contributed by atoms with van der Waals surface area (Å²) in [6.07, 6.45) is 5.09. The molecule has 29 heavy (non-hydrogen) atoms. The monoisotopic (exact) mass is 411 g/mol. The predicted octanol–water partition coefficient (Wildman–Crippen LogP) is 5.39. The zero-order valence-corrected chi connectivity index (χ0v) is 16.9. The summed E-state index contributed by atoms with van der Waals surface area (Å²) in [4.78, 5) is 8.05. The van der Waals surface area contributed by atoms with E-state index in [9.17, 15) is 8.78 Å². The van der Waals surface area contributed by atoms with Crippen LogP contribution in [-0.4, -0.2) is 29.5 Å². The van der Waals surface area contributed by atoms with Crippen molar-refractivity contribution in [3.8, 4) is 11.3 Å². The summed E-state index contributed by atoms with van der Waals surface area (Å²) in [5.74, 6) is -0.456. The van der Waals surface area contributed by atoms with Gasteiger partial charge in [-0.3, -0.25) is 0 Å². The van der Waals surface area contributed by atoms with Gasteiger partial charge in [0.25, 0.3) is 0 Å². The number of thiazole rings is 1. The fourth-order valence-electron chi connectivity index (χ4n) is 3.64. The number of nitrogens with two attached hydrogens (primary N) is 1. The fraction of sp³-hybridized carbons (Fsp3) is 0.261. The molecule has 1 saturated heterocycles. The third-order valence-corrected chi connectivity index (χ3v) is 6.17. The van der Waals surface area contributed by atoms with Gasteiger partial charge in [0.05, 0.1) is 5.69 Å². The van der Waals surface area contributed by atoms with Crippen LogP contribution in [-0.2, 0) is 6.42 Å². The summed E-state index contributed by atoms with van der Waals surface area (Å²) < 4.78 is 26.3. The molecule has 1 aliphatic rings. The molecule has 0 spiro atoms. The molecule has 4 rings (SSSR count). The Labute approximate surface area is 173 Å². The molecule has 2 heterocycles. The highest BCUT2D eigenvalue weighted by atomic mass is 32.1. The summed E-state index contributed by atoms with van der Waals surface area (Å²) in [5, 5.41) is 0.544. The van der Waals surface area contributed by atoms with Crippen LogP contribution in [0.4, 0.5) is 13.9 Å². The first-order valence-corrected chi connectivity index (χ1v) is 10.6. The third kappa shape index (κ3) is 5.08. The molecule has 1 aliphatic heterocycles. The minimum absolute atomic E-state index is 0.203. The number of hydrogen-bond donors (Lipinski definition) is 1. The zero-order chi connectivity index (χ0) is 20.2. The minimum Gasteiger partial charge on any atom is -0.375 e. The van der Waals surface area contributed by atoms with Crippen LogP contribution in [0, 0.1) is 11.6 Å². The maximum Gasteiger partial charge on any atom is 0.180 e. The molecule has 3 nitrogen and oxygen atoms in total. The smallest absolute Gasteiger partial charge is 0.180 e. The SMILES string of the molecule is Nc1nc(-c2ccc(F)cc2)c(CCN2CCC(=Cc3ccc(F)cc3)CC2)s1. The first-order valence-electron chi connectivity index (χ1n) is 9.75. The topological polar surface area (TPSA) is 42.1 Å². The molecule has 3 aromatic rings. The predicted molar refractivity (Wildman–Crippen MR) is 116 cm³/mol. The van der Waals surface area contributed by atoms with Crippen molar-refractivity contribution in [2.75, 3.05) is 25.4 Å². The molecule has 2 N–H and O–H groups in total. The zero-order valence-electron chi connectivity index (χ0n) is 16.1. The van der Waals surface area contributed by atoms with Gasteiger partial charge >= 0.3 is 0 Å². The van der Waals surface area contributed by atoms with E-state index in [2.05, 4.69) is 16.0 Å². The van der Waals surface area contributed by atoms with Crippen LogP contribution in [0.3, 0.4) is 0 Å². The second kappa shape index (κ2) is 8.84. The van der Waals surface area contributed by atoms with Crippen LogP contribution in [0.25, 0.3) is 17.3 Å². The number of piperidine rings is 1. The van der Waals surface area contributed by atoms with E-state index in [1.807, 2.05) is 12.1 Å². The lowest BCUT2D eigenvalue weighted by molar-refractivity contribution is 0.261. The van der Waals surface area contributed by atoms with E-state index in [4.69, 9.17) is 5.73 Å². The Kier molecular flexibility index (Phi) is 6.02. The standard InChI is InChI=1S/C23H23F2N3S/c24-19-5-1-16(2-6-19)15-17-9-12-28(13-10-17)14-11-21-22(27-23(26)29-21)18-3-7-20(25)8-4-18/h1-8,15H,9-14H2,(H2,26,27). The Balaban J connectivity index is 1.35. The minimum atomic E-state index is -0.253. The lowest BCUT2D eigenvalue weighted by atomic mass is 10.0. The maximum absolute atomic E-state index is 13.2. The van der Waals surface area contributed by atoms with Gasteiger partial charge in [-0.1, -0.05) is 23.8 Å². The van der Waals surface area contributed by atoms with E-state index >= 15 is 0 Å². The lowest BCUT2D eigenvalue weighted by Gasteiger charge is -2.28. The van der Waals surface area contributed by atoms with Gasteiger partial charge in [-0.05, 0) is 61.2 Å². The lowest BCUT2D eigenvalue weighted by Crippen LogP contribution is -2.32. The number of benzene rings is 2. The van der Waals surface area contributed by atoms with Crippen LogP contribution in [0.2, 0.25) is 0 Å². The summed E-state index contributed by atoms with van der Waals surface area (Å²) in [5.41, 5.74) is 10.2. The summed E-state index contributed by atoms with van der Waals surface area (Å²) >= 11 is 1.51. The number of nitrogens with zero attached hydrogens (tertiary/aromatic N) is 2. The van der Waals surface area contributed by atoms with Crippen molar-refractivity contribution in [2.45, 2.75) is 19.3 Å². The molecule has 1 fully saturated rings. The summed E-state index contributed by atoms with van der Waals surface area (Å²) in [6.45, 7) is 2.96. The first-order chi connectivity index (χ1) is 14.1. The number of hydrogen-bond acceptors (Lipinski definition) is 4. The van der Waals surface area contributed by atoms with E-state index in [0.29, 0.717) is 5.13 Å². The Morgan fingerprint density at radius 1 is 0.966 bits per heavy atom. The maximum atomic E-state index is 13.2. The summed E-state index contributed by atoms with van der Waals surface area (Å²) in [7, 11) is 0. The van der Waals surface area contributed by atoms with E-state index < -0.39 is 0 Å². The Morgan fingerprint density at radius 2 is 1.59 bits per heavy atom. The highest BCUT2D eigenvalue weighted by molar-refractivity contribution is 7.15. The second-order valence-electron chi connectivity index (χ2n) is 7.28. The molecule has 1 aromatic heterocycles.